The molecule has 2 aromatic heterocycles. The minimum absolute atomic E-state index is 0.0274. The van der Waals surface area contributed by atoms with E-state index in [1.807, 2.05) is 0 Å². The van der Waals surface area contributed by atoms with Crippen molar-refractivity contribution in [2.24, 2.45) is 0 Å². The summed E-state index contributed by atoms with van der Waals surface area (Å²) < 4.78 is 1.16. The zero-order valence-corrected chi connectivity index (χ0v) is 9.01. The fourth-order valence-electron chi connectivity index (χ4n) is 2.03. The van der Waals surface area contributed by atoms with E-state index < -0.39 is 5.97 Å². The maximum absolute atomic E-state index is 11.8. The molecule has 1 fully saturated rings. The summed E-state index contributed by atoms with van der Waals surface area (Å²) in [7, 11) is 0. The lowest BCUT2D eigenvalue weighted by atomic mass is 9.83. The third-order valence-electron chi connectivity index (χ3n) is 3.22. The van der Waals surface area contributed by atoms with Crippen LogP contribution in [0.15, 0.2) is 16.9 Å². The topological polar surface area (TPSA) is 87.5 Å². The van der Waals surface area contributed by atoms with Gasteiger partial charge in [-0.15, -0.1) is 0 Å². The highest BCUT2D eigenvalue weighted by Gasteiger charge is 2.22. The van der Waals surface area contributed by atoms with Gasteiger partial charge >= 0.3 is 5.97 Å². The van der Waals surface area contributed by atoms with E-state index in [0.29, 0.717) is 11.6 Å². The number of H-pyrrole nitrogens is 1. The minimum atomic E-state index is -1.10. The van der Waals surface area contributed by atoms with Crippen molar-refractivity contribution in [3.8, 4) is 0 Å². The first-order valence-corrected chi connectivity index (χ1v) is 5.51. The van der Waals surface area contributed by atoms with E-state index in [-0.39, 0.29) is 11.3 Å². The quantitative estimate of drug-likeness (QED) is 0.809. The minimum Gasteiger partial charge on any atom is -0.477 e. The van der Waals surface area contributed by atoms with Crippen LogP contribution in [-0.2, 0) is 0 Å². The lowest BCUT2D eigenvalue weighted by molar-refractivity contribution is 0.0690. The highest BCUT2D eigenvalue weighted by Crippen LogP contribution is 2.34. The molecule has 0 aliphatic heterocycles. The summed E-state index contributed by atoms with van der Waals surface area (Å²) in [6.07, 6.45) is 3.27. The Morgan fingerprint density at radius 2 is 2.24 bits per heavy atom. The number of carbonyl (C=O) groups is 1. The van der Waals surface area contributed by atoms with Crippen LogP contribution in [0.4, 0.5) is 0 Å². The first-order chi connectivity index (χ1) is 8.15. The molecule has 0 amide bonds. The summed E-state index contributed by atoms with van der Waals surface area (Å²) in [6.45, 7) is 0. The molecule has 6 nitrogen and oxygen atoms in total. The van der Waals surface area contributed by atoms with Gasteiger partial charge in [0.25, 0.3) is 5.56 Å². The van der Waals surface area contributed by atoms with Gasteiger partial charge in [-0.05, 0) is 12.8 Å². The molecular weight excluding hydrogens is 222 g/mol. The number of nitrogens with one attached hydrogen (secondary N) is 1. The van der Waals surface area contributed by atoms with Crippen molar-refractivity contribution in [2.45, 2.75) is 25.2 Å². The highest BCUT2D eigenvalue weighted by atomic mass is 16.4. The number of carboxylic acid groups (broad SMARTS) is 1. The molecule has 0 spiro atoms. The van der Waals surface area contributed by atoms with Gasteiger partial charge in [-0.2, -0.15) is 0 Å². The van der Waals surface area contributed by atoms with Crippen molar-refractivity contribution >= 4 is 11.6 Å². The summed E-state index contributed by atoms with van der Waals surface area (Å²) in [6, 6.07) is 2.87. The van der Waals surface area contributed by atoms with Crippen molar-refractivity contribution in [3.63, 3.8) is 0 Å². The van der Waals surface area contributed by atoms with Gasteiger partial charge in [0.2, 0.25) is 0 Å². The Kier molecular flexibility index (Phi) is 2.04. The van der Waals surface area contributed by atoms with E-state index >= 15 is 0 Å². The van der Waals surface area contributed by atoms with Crippen molar-refractivity contribution < 1.29 is 9.90 Å². The van der Waals surface area contributed by atoms with Crippen LogP contribution in [0, 0.1) is 0 Å². The molecule has 3 rings (SSSR count). The molecule has 2 aromatic rings. The number of rotatable bonds is 2. The number of aromatic carboxylic acids is 1. The van der Waals surface area contributed by atoms with Gasteiger partial charge in [-0.25, -0.2) is 14.3 Å². The molecule has 0 unspecified atom stereocenters. The molecular formula is C11H11N3O3. The molecule has 0 aromatic carbocycles. The lowest BCUT2D eigenvalue weighted by Crippen LogP contribution is -2.19. The van der Waals surface area contributed by atoms with Gasteiger partial charge in [-0.1, -0.05) is 6.42 Å². The summed E-state index contributed by atoms with van der Waals surface area (Å²) in [5.41, 5.74) is 0.860. The third kappa shape index (κ3) is 1.52. The molecule has 1 saturated carbocycles. The largest absolute Gasteiger partial charge is 0.477 e. The van der Waals surface area contributed by atoms with Crippen LogP contribution < -0.4 is 5.56 Å². The van der Waals surface area contributed by atoms with Gasteiger partial charge in [-0.3, -0.25) is 9.89 Å². The average molecular weight is 233 g/mol. The van der Waals surface area contributed by atoms with E-state index in [9.17, 15) is 9.59 Å². The van der Waals surface area contributed by atoms with Crippen LogP contribution in [0.5, 0.6) is 0 Å². The van der Waals surface area contributed by atoms with Crippen molar-refractivity contribution in [3.05, 3.63) is 33.9 Å². The first-order valence-electron chi connectivity index (χ1n) is 5.51. The molecule has 88 valence electrons. The predicted molar refractivity (Wildman–Crippen MR) is 59.4 cm³/mol. The van der Waals surface area contributed by atoms with Crippen LogP contribution in [0.1, 0.15) is 41.4 Å². The van der Waals surface area contributed by atoms with Crippen LogP contribution >= 0.6 is 0 Å². The fourth-order valence-corrected chi connectivity index (χ4v) is 2.03. The molecule has 0 saturated heterocycles. The van der Waals surface area contributed by atoms with E-state index in [0.717, 1.165) is 23.1 Å². The maximum atomic E-state index is 11.8. The molecule has 1 aliphatic rings. The molecule has 2 heterocycles. The number of aromatic amines is 1. The van der Waals surface area contributed by atoms with Gasteiger partial charge < -0.3 is 5.11 Å². The summed E-state index contributed by atoms with van der Waals surface area (Å²) in [5.74, 6) is -0.740. The van der Waals surface area contributed by atoms with E-state index in [4.69, 9.17) is 5.11 Å². The SMILES string of the molecule is O=C(O)c1cc2nc(C3CCC3)cc(=O)n2[nH]1. The van der Waals surface area contributed by atoms with Crippen molar-refractivity contribution in [2.75, 3.05) is 0 Å². The molecule has 1 aliphatic carbocycles. The molecule has 0 atom stereocenters. The van der Waals surface area contributed by atoms with Gasteiger partial charge in [0, 0.05) is 18.1 Å². The Balaban J connectivity index is 2.17. The van der Waals surface area contributed by atoms with Crippen LogP contribution in [0.3, 0.4) is 0 Å². The molecule has 17 heavy (non-hydrogen) atoms. The molecule has 0 bridgehead atoms. The van der Waals surface area contributed by atoms with Crippen LogP contribution in [-0.4, -0.2) is 25.7 Å². The molecule has 6 heteroatoms. The van der Waals surface area contributed by atoms with E-state index in [1.54, 1.807) is 0 Å². The van der Waals surface area contributed by atoms with Crippen molar-refractivity contribution in [1.29, 1.82) is 0 Å². The predicted octanol–water partition coefficient (Wildman–Crippen LogP) is 0.988. The van der Waals surface area contributed by atoms with Gasteiger partial charge in [0.05, 0.1) is 5.69 Å². The number of aromatic nitrogens is 3. The Labute approximate surface area is 95.9 Å². The second kappa shape index (κ2) is 3.44. The average Bonchev–Trinajstić information content (AvgIpc) is 2.59. The standard InChI is InChI=1S/C11H11N3O3/c15-10-5-7(6-2-1-3-6)12-9-4-8(11(16)17)13-14(9)10/h4-6,13H,1-3H2,(H,16,17). The Morgan fingerprint density at radius 1 is 1.47 bits per heavy atom. The van der Waals surface area contributed by atoms with Crippen LogP contribution in [0.25, 0.3) is 5.65 Å². The monoisotopic (exact) mass is 233 g/mol. The lowest BCUT2D eigenvalue weighted by Gasteiger charge is -2.24. The third-order valence-corrected chi connectivity index (χ3v) is 3.22. The second-order valence-electron chi connectivity index (χ2n) is 4.32. The second-order valence-corrected chi connectivity index (χ2v) is 4.32. The van der Waals surface area contributed by atoms with Gasteiger partial charge in [0.15, 0.2) is 5.65 Å². The number of hydrogen-bond acceptors (Lipinski definition) is 3. The zero-order chi connectivity index (χ0) is 12.0. The summed E-state index contributed by atoms with van der Waals surface area (Å²) in [4.78, 5) is 26.9. The first kappa shape index (κ1) is 10.1. The maximum Gasteiger partial charge on any atom is 0.353 e. The fraction of sp³-hybridized carbons (Fsp3) is 0.364. The highest BCUT2D eigenvalue weighted by molar-refractivity contribution is 5.86. The van der Waals surface area contributed by atoms with Gasteiger partial charge in [0.1, 0.15) is 5.69 Å². The Bertz CT molecular complexity index is 652. The molecule has 2 N–H and O–H groups in total. The molecule has 0 radical (unpaired) electrons. The van der Waals surface area contributed by atoms with E-state index in [1.165, 1.54) is 18.6 Å². The number of carboxylic acids is 1. The normalized spacial score (nSPS) is 16.0. The summed E-state index contributed by atoms with van der Waals surface area (Å²) in [5, 5.41) is 11.3. The number of hydrogen-bond donors (Lipinski definition) is 2. The van der Waals surface area contributed by atoms with E-state index in [2.05, 4.69) is 10.1 Å². The Hall–Kier alpha value is -2.11. The Morgan fingerprint density at radius 3 is 2.82 bits per heavy atom. The zero-order valence-electron chi connectivity index (χ0n) is 9.01. The number of fused-ring (bicyclic) bond motifs is 1. The van der Waals surface area contributed by atoms with Crippen molar-refractivity contribution in [1.82, 2.24) is 14.6 Å². The van der Waals surface area contributed by atoms with Crippen LogP contribution in [0.2, 0.25) is 0 Å². The smallest absolute Gasteiger partial charge is 0.353 e. The summed E-state index contributed by atoms with van der Waals surface area (Å²) >= 11 is 0. The number of nitrogens with zero attached hydrogens (tertiary/aromatic N) is 2.